The van der Waals surface area contributed by atoms with Gasteiger partial charge in [-0.3, -0.25) is 0 Å². The van der Waals surface area contributed by atoms with Crippen LogP contribution in [0.5, 0.6) is 5.75 Å². The molecule has 0 unspecified atom stereocenters. The first-order valence-corrected chi connectivity index (χ1v) is 9.83. The molecule has 0 spiro atoms. The van der Waals surface area contributed by atoms with Crippen molar-refractivity contribution >= 4 is 23.3 Å². The van der Waals surface area contributed by atoms with Gasteiger partial charge in [-0.2, -0.15) is 0 Å². The standard InChI is InChI=1S/C22H23NO5S/c1-14-5-10-19(29-14)20-17(21(24)27-3)12-23(13-18(20)22(25)28-4)11-15-6-8-16(26-2)9-7-15/h5-10,12-13,20H,11H2,1-4H3. The van der Waals surface area contributed by atoms with Gasteiger partial charge in [-0.05, 0) is 36.8 Å². The van der Waals surface area contributed by atoms with E-state index in [0.717, 1.165) is 21.1 Å². The first-order chi connectivity index (χ1) is 14.0. The largest absolute Gasteiger partial charge is 0.497 e. The number of esters is 2. The third kappa shape index (κ3) is 4.51. The van der Waals surface area contributed by atoms with Gasteiger partial charge in [-0.15, -0.1) is 11.3 Å². The fraction of sp³-hybridized carbons (Fsp3) is 0.273. The molecule has 2 heterocycles. The summed E-state index contributed by atoms with van der Waals surface area (Å²) in [6, 6.07) is 11.5. The summed E-state index contributed by atoms with van der Waals surface area (Å²) in [6.07, 6.45) is 3.48. The molecule has 0 amide bonds. The van der Waals surface area contributed by atoms with Crippen molar-refractivity contribution in [3.05, 3.63) is 75.3 Å². The molecule has 0 fully saturated rings. The molecular formula is C22H23NO5S. The minimum atomic E-state index is -0.527. The molecule has 6 nitrogen and oxygen atoms in total. The Morgan fingerprint density at radius 2 is 1.52 bits per heavy atom. The van der Waals surface area contributed by atoms with Crippen LogP contribution in [-0.2, 0) is 25.6 Å². The third-order valence-corrected chi connectivity index (χ3v) is 5.71. The Morgan fingerprint density at radius 3 is 1.97 bits per heavy atom. The number of nitrogens with zero attached hydrogens (tertiary/aromatic N) is 1. The van der Waals surface area contributed by atoms with Crippen LogP contribution in [0.1, 0.15) is 21.2 Å². The van der Waals surface area contributed by atoms with E-state index in [1.165, 1.54) is 25.6 Å². The molecule has 0 bridgehead atoms. The van der Waals surface area contributed by atoms with Gasteiger partial charge < -0.3 is 19.1 Å². The van der Waals surface area contributed by atoms with Crippen LogP contribution in [0.25, 0.3) is 0 Å². The Balaban J connectivity index is 2.01. The number of carbonyl (C=O) groups is 2. The van der Waals surface area contributed by atoms with Crippen molar-refractivity contribution in [1.29, 1.82) is 0 Å². The van der Waals surface area contributed by atoms with Gasteiger partial charge in [0.15, 0.2) is 0 Å². The van der Waals surface area contributed by atoms with Crippen LogP contribution >= 0.6 is 11.3 Å². The molecule has 1 aromatic carbocycles. The maximum Gasteiger partial charge on any atom is 0.336 e. The van der Waals surface area contributed by atoms with E-state index in [2.05, 4.69) is 0 Å². The summed E-state index contributed by atoms with van der Waals surface area (Å²) in [6.45, 7) is 2.46. The van der Waals surface area contributed by atoms with Crippen molar-refractivity contribution in [3.63, 3.8) is 0 Å². The number of methoxy groups -OCH3 is 3. The fourth-order valence-corrected chi connectivity index (χ4v) is 4.25. The van der Waals surface area contributed by atoms with E-state index < -0.39 is 17.9 Å². The molecule has 0 atom stereocenters. The first kappa shape index (κ1) is 20.7. The Hall–Kier alpha value is -3.06. The van der Waals surface area contributed by atoms with E-state index in [1.54, 1.807) is 24.4 Å². The Morgan fingerprint density at radius 1 is 0.931 bits per heavy atom. The summed E-state index contributed by atoms with van der Waals surface area (Å²) in [5.41, 5.74) is 1.79. The molecule has 0 saturated heterocycles. The van der Waals surface area contributed by atoms with Gasteiger partial charge >= 0.3 is 11.9 Å². The minimum absolute atomic E-state index is 0.394. The summed E-state index contributed by atoms with van der Waals surface area (Å²) in [4.78, 5) is 29.0. The minimum Gasteiger partial charge on any atom is -0.497 e. The number of aryl methyl sites for hydroxylation is 1. The highest BCUT2D eigenvalue weighted by atomic mass is 32.1. The predicted octanol–water partition coefficient (Wildman–Crippen LogP) is 3.78. The van der Waals surface area contributed by atoms with Crippen LogP contribution in [0.3, 0.4) is 0 Å². The maximum atomic E-state index is 12.6. The van der Waals surface area contributed by atoms with E-state index in [0.29, 0.717) is 17.7 Å². The highest BCUT2D eigenvalue weighted by Crippen LogP contribution is 2.40. The van der Waals surface area contributed by atoms with Gasteiger partial charge in [0.25, 0.3) is 0 Å². The van der Waals surface area contributed by atoms with Gasteiger partial charge in [-0.1, -0.05) is 12.1 Å². The Labute approximate surface area is 174 Å². The van der Waals surface area contributed by atoms with Crippen LogP contribution < -0.4 is 4.74 Å². The molecule has 29 heavy (non-hydrogen) atoms. The van der Waals surface area contributed by atoms with Crippen molar-refractivity contribution < 1.29 is 23.8 Å². The first-order valence-electron chi connectivity index (χ1n) is 9.02. The van der Waals surface area contributed by atoms with Crippen molar-refractivity contribution in [1.82, 2.24) is 4.90 Å². The number of hydrogen-bond acceptors (Lipinski definition) is 7. The molecular weight excluding hydrogens is 390 g/mol. The lowest BCUT2D eigenvalue weighted by atomic mass is 9.88. The maximum absolute atomic E-state index is 12.6. The summed E-state index contributed by atoms with van der Waals surface area (Å²) in [7, 11) is 4.29. The molecule has 0 radical (unpaired) electrons. The lowest BCUT2D eigenvalue weighted by Gasteiger charge is -2.29. The number of benzene rings is 1. The van der Waals surface area contributed by atoms with E-state index in [-0.39, 0.29) is 0 Å². The molecule has 3 rings (SSSR count). The summed E-state index contributed by atoms with van der Waals surface area (Å²) >= 11 is 1.54. The smallest absolute Gasteiger partial charge is 0.336 e. The Kier molecular flexibility index (Phi) is 6.39. The molecule has 152 valence electrons. The quantitative estimate of drug-likeness (QED) is 0.672. The van der Waals surface area contributed by atoms with Crippen molar-refractivity contribution in [2.75, 3.05) is 21.3 Å². The van der Waals surface area contributed by atoms with Crippen molar-refractivity contribution in [2.24, 2.45) is 0 Å². The highest BCUT2D eigenvalue weighted by Gasteiger charge is 2.36. The van der Waals surface area contributed by atoms with E-state index in [4.69, 9.17) is 14.2 Å². The number of thiophene rings is 1. The van der Waals surface area contributed by atoms with Crippen LogP contribution in [0, 0.1) is 6.92 Å². The average Bonchev–Trinajstić information content (AvgIpc) is 3.18. The van der Waals surface area contributed by atoms with E-state index in [1.807, 2.05) is 43.3 Å². The fourth-order valence-electron chi connectivity index (χ4n) is 3.24. The topological polar surface area (TPSA) is 65.1 Å². The van der Waals surface area contributed by atoms with Crippen LogP contribution in [-0.4, -0.2) is 38.2 Å². The normalized spacial score (nSPS) is 14.1. The molecule has 0 aliphatic carbocycles. The third-order valence-electron chi connectivity index (χ3n) is 4.64. The number of carbonyl (C=O) groups excluding carboxylic acids is 2. The molecule has 2 aromatic rings. The molecule has 0 N–H and O–H groups in total. The average molecular weight is 413 g/mol. The Bertz CT molecular complexity index is 924. The predicted molar refractivity (Wildman–Crippen MR) is 111 cm³/mol. The van der Waals surface area contributed by atoms with Gasteiger partial charge in [0.2, 0.25) is 0 Å². The number of rotatable bonds is 6. The molecule has 1 aromatic heterocycles. The monoisotopic (exact) mass is 413 g/mol. The highest BCUT2D eigenvalue weighted by molar-refractivity contribution is 7.12. The molecule has 1 aliphatic rings. The number of ether oxygens (including phenoxy) is 3. The van der Waals surface area contributed by atoms with Crippen molar-refractivity contribution in [3.8, 4) is 5.75 Å². The van der Waals surface area contributed by atoms with Gasteiger partial charge in [-0.25, -0.2) is 9.59 Å². The van der Waals surface area contributed by atoms with E-state index in [9.17, 15) is 9.59 Å². The molecule has 0 saturated carbocycles. The molecule has 7 heteroatoms. The second-order valence-corrected chi connectivity index (χ2v) is 7.87. The summed E-state index contributed by atoms with van der Waals surface area (Å²) in [5.74, 6) is -0.719. The van der Waals surface area contributed by atoms with Gasteiger partial charge in [0.1, 0.15) is 5.75 Å². The van der Waals surface area contributed by atoms with Crippen molar-refractivity contribution in [2.45, 2.75) is 19.4 Å². The molecule has 1 aliphatic heterocycles. The lowest BCUT2D eigenvalue weighted by molar-refractivity contribution is -0.137. The second kappa shape index (κ2) is 8.96. The zero-order valence-electron chi connectivity index (χ0n) is 16.8. The zero-order chi connectivity index (χ0) is 21.0. The van der Waals surface area contributed by atoms with Gasteiger partial charge in [0.05, 0.1) is 38.4 Å². The lowest BCUT2D eigenvalue weighted by Crippen LogP contribution is -2.28. The van der Waals surface area contributed by atoms with Crippen LogP contribution in [0.4, 0.5) is 0 Å². The number of hydrogen-bond donors (Lipinski definition) is 0. The summed E-state index contributed by atoms with van der Waals surface area (Å²) < 4.78 is 15.2. The second-order valence-electron chi connectivity index (χ2n) is 6.55. The van der Waals surface area contributed by atoms with E-state index >= 15 is 0 Å². The zero-order valence-corrected chi connectivity index (χ0v) is 17.6. The summed E-state index contributed by atoms with van der Waals surface area (Å²) in [5, 5.41) is 0. The SMILES string of the molecule is COC(=O)C1=CN(Cc2ccc(OC)cc2)C=C(C(=O)OC)C1c1ccc(C)s1. The van der Waals surface area contributed by atoms with Crippen LogP contribution in [0.2, 0.25) is 0 Å². The van der Waals surface area contributed by atoms with Gasteiger partial charge in [0, 0.05) is 28.7 Å². The van der Waals surface area contributed by atoms with Crippen LogP contribution in [0.15, 0.2) is 59.9 Å².